The van der Waals surface area contributed by atoms with Crippen LogP contribution in [0.25, 0.3) is 11.0 Å². The molecule has 0 saturated carbocycles. The Morgan fingerprint density at radius 3 is 2.92 bits per heavy atom. The fraction of sp³-hybridized carbons (Fsp3) is 0.353. The molecule has 4 rings (SSSR count). The van der Waals surface area contributed by atoms with E-state index in [1.54, 1.807) is 10.9 Å². The fourth-order valence-electron chi connectivity index (χ4n) is 2.80. The Balaban J connectivity index is 1.64. The number of aromatic nitrogens is 4. The third-order valence-electron chi connectivity index (χ3n) is 4.02. The number of nitrogens with zero attached hydrogens (tertiary/aromatic N) is 3. The molecule has 0 spiro atoms. The number of aromatic amines is 1. The van der Waals surface area contributed by atoms with Gasteiger partial charge < -0.3 is 14.8 Å². The van der Waals surface area contributed by atoms with Crippen molar-refractivity contribution in [3.05, 3.63) is 38.7 Å². The Morgan fingerprint density at radius 2 is 2.15 bits per heavy atom. The molecule has 136 valence electrons. The quantitative estimate of drug-likeness (QED) is 0.677. The van der Waals surface area contributed by atoms with Gasteiger partial charge in [-0.3, -0.25) is 9.78 Å². The van der Waals surface area contributed by atoms with Crippen LogP contribution in [-0.2, 0) is 12.1 Å². The minimum absolute atomic E-state index is 0.215. The van der Waals surface area contributed by atoms with E-state index in [0.717, 1.165) is 10.0 Å². The summed E-state index contributed by atoms with van der Waals surface area (Å²) >= 11 is 3.48. The van der Waals surface area contributed by atoms with Crippen LogP contribution in [0.4, 0.5) is 5.95 Å². The first-order chi connectivity index (χ1) is 12.3. The van der Waals surface area contributed by atoms with E-state index in [-0.39, 0.29) is 17.9 Å². The van der Waals surface area contributed by atoms with Crippen LogP contribution in [-0.4, -0.2) is 26.5 Å². The van der Waals surface area contributed by atoms with Gasteiger partial charge in [0.1, 0.15) is 5.39 Å². The van der Waals surface area contributed by atoms with Gasteiger partial charge in [0.25, 0.3) is 5.56 Å². The predicted molar refractivity (Wildman–Crippen MR) is 101 cm³/mol. The minimum atomic E-state index is -0.276. The van der Waals surface area contributed by atoms with Gasteiger partial charge in [-0.25, -0.2) is 4.68 Å². The van der Waals surface area contributed by atoms with Crippen molar-refractivity contribution in [3.8, 4) is 11.5 Å². The van der Waals surface area contributed by atoms with Crippen molar-refractivity contribution in [1.29, 1.82) is 0 Å². The number of anilines is 1. The zero-order valence-corrected chi connectivity index (χ0v) is 16.2. The third-order valence-corrected chi connectivity index (χ3v) is 4.61. The van der Waals surface area contributed by atoms with Crippen molar-refractivity contribution in [3.63, 3.8) is 0 Å². The molecular formula is C17H18BrN5O3. The Hall–Kier alpha value is -2.55. The van der Waals surface area contributed by atoms with Crippen LogP contribution >= 0.6 is 15.9 Å². The topological polar surface area (TPSA) is 94.1 Å². The van der Waals surface area contributed by atoms with E-state index < -0.39 is 0 Å². The molecule has 3 aromatic rings. The molecule has 0 unspecified atom stereocenters. The monoisotopic (exact) mass is 419 g/mol. The van der Waals surface area contributed by atoms with Crippen molar-refractivity contribution in [2.24, 2.45) is 0 Å². The van der Waals surface area contributed by atoms with E-state index in [4.69, 9.17) is 9.47 Å². The highest BCUT2D eigenvalue weighted by Gasteiger charge is 2.20. The summed E-state index contributed by atoms with van der Waals surface area (Å²) in [6.07, 6.45) is 1.55. The second kappa shape index (κ2) is 6.01. The number of benzene rings is 1. The molecule has 1 aromatic carbocycles. The molecule has 1 aliphatic heterocycles. The van der Waals surface area contributed by atoms with E-state index in [9.17, 15) is 4.79 Å². The van der Waals surface area contributed by atoms with Crippen molar-refractivity contribution in [2.75, 3.05) is 12.1 Å². The SMILES string of the molecule is CC(C)(C)n1ncc2c(=O)[nH]c(NCc3cc(Br)c4c(c3)OCO4)nc21. The van der Waals surface area contributed by atoms with Gasteiger partial charge in [-0.2, -0.15) is 10.1 Å². The zero-order valence-electron chi connectivity index (χ0n) is 14.6. The maximum atomic E-state index is 12.3. The van der Waals surface area contributed by atoms with Crippen LogP contribution in [0.15, 0.2) is 27.6 Å². The molecule has 1 aliphatic rings. The van der Waals surface area contributed by atoms with Crippen molar-refractivity contribution < 1.29 is 9.47 Å². The lowest BCUT2D eigenvalue weighted by atomic mass is 10.1. The first kappa shape index (κ1) is 16.9. The molecule has 2 aromatic heterocycles. The van der Waals surface area contributed by atoms with Crippen LogP contribution in [0.5, 0.6) is 11.5 Å². The molecule has 0 saturated heterocycles. The number of halogens is 1. The van der Waals surface area contributed by atoms with E-state index in [0.29, 0.717) is 35.0 Å². The summed E-state index contributed by atoms with van der Waals surface area (Å²) < 4.78 is 13.4. The molecule has 3 heterocycles. The summed E-state index contributed by atoms with van der Waals surface area (Å²) in [5, 5.41) is 7.93. The first-order valence-electron chi connectivity index (χ1n) is 8.13. The lowest BCUT2D eigenvalue weighted by molar-refractivity contribution is 0.173. The average molecular weight is 420 g/mol. The van der Waals surface area contributed by atoms with E-state index in [1.807, 2.05) is 32.9 Å². The highest BCUT2D eigenvalue weighted by Crippen LogP contribution is 2.40. The van der Waals surface area contributed by atoms with E-state index >= 15 is 0 Å². The summed E-state index contributed by atoms with van der Waals surface area (Å²) in [6, 6.07) is 3.84. The molecule has 0 fully saturated rings. The molecule has 8 nitrogen and oxygen atoms in total. The van der Waals surface area contributed by atoms with Gasteiger partial charge in [-0.1, -0.05) is 0 Å². The minimum Gasteiger partial charge on any atom is -0.454 e. The Morgan fingerprint density at radius 1 is 1.35 bits per heavy atom. The molecule has 9 heteroatoms. The molecule has 0 atom stereocenters. The van der Waals surface area contributed by atoms with Gasteiger partial charge >= 0.3 is 0 Å². The highest BCUT2D eigenvalue weighted by molar-refractivity contribution is 9.10. The predicted octanol–water partition coefficient (Wildman–Crippen LogP) is 2.98. The Labute approximate surface area is 157 Å². The van der Waals surface area contributed by atoms with E-state index in [1.165, 1.54) is 0 Å². The lowest BCUT2D eigenvalue weighted by Crippen LogP contribution is -2.24. The van der Waals surface area contributed by atoms with Crippen LogP contribution in [0.1, 0.15) is 26.3 Å². The summed E-state index contributed by atoms with van der Waals surface area (Å²) in [6.45, 7) is 6.72. The first-order valence-corrected chi connectivity index (χ1v) is 8.92. The average Bonchev–Trinajstić information content (AvgIpc) is 3.19. The van der Waals surface area contributed by atoms with Crippen molar-refractivity contribution in [2.45, 2.75) is 32.9 Å². The number of nitrogens with one attached hydrogen (secondary N) is 2. The number of hydrogen-bond acceptors (Lipinski definition) is 6. The van der Waals surface area contributed by atoms with Crippen molar-refractivity contribution >= 4 is 32.9 Å². The van der Waals surface area contributed by atoms with Gasteiger partial charge in [-0.05, 0) is 54.4 Å². The number of ether oxygens (including phenoxy) is 2. The summed E-state index contributed by atoms with van der Waals surface area (Å²) in [4.78, 5) is 19.6. The van der Waals surface area contributed by atoms with Crippen molar-refractivity contribution in [1.82, 2.24) is 19.7 Å². The van der Waals surface area contributed by atoms with E-state index in [2.05, 4.69) is 36.3 Å². The summed E-state index contributed by atoms with van der Waals surface area (Å²) in [5.74, 6) is 1.79. The third kappa shape index (κ3) is 2.92. The lowest BCUT2D eigenvalue weighted by Gasteiger charge is -2.19. The smallest absolute Gasteiger partial charge is 0.263 e. The molecule has 0 radical (unpaired) electrons. The molecule has 0 aliphatic carbocycles. The molecule has 0 amide bonds. The largest absolute Gasteiger partial charge is 0.454 e. The maximum Gasteiger partial charge on any atom is 0.263 e. The van der Waals surface area contributed by atoms with Gasteiger partial charge in [0.2, 0.25) is 12.7 Å². The standard InChI is InChI=1S/C17H18BrN5O3/c1-17(2,3)23-14-10(7-20-23)15(24)22-16(21-14)19-6-9-4-11(18)13-12(5-9)25-8-26-13/h4-5,7H,6,8H2,1-3H3,(H2,19,21,22,24). The molecule has 2 N–H and O–H groups in total. The van der Waals surface area contributed by atoms with Crippen LogP contribution < -0.4 is 20.3 Å². The highest BCUT2D eigenvalue weighted by atomic mass is 79.9. The molecule has 26 heavy (non-hydrogen) atoms. The zero-order chi connectivity index (χ0) is 18.5. The fourth-order valence-corrected chi connectivity index (χ4v) is 3.41. The van der Waals surface area contributed by atoms with Crippen LogP contribution in [0.2, 0.25) is 0 Å². The normalized spacial score (nSPS) is 13.4. The molecular weight excluding hydrogens is 402 g/mol. The second-order valence-corrected chi connectivity index (χ2v) is 7.90. The van der Waals surface area contributed by atoms with Gasteiger partial charge in [-0.15, -0.1) is 0 Å². The van der Waals surface area contributed by atoms with Gasteiger partial charge in [0, 0.05) is 6.54 Å². The Bertz CT molecular complexity index is 1050. The summed E-state index contributed by atoms with van der Waals surface area (Å²) in [5.41, 5.74) is 1.02. The van der Waals surface area contributed by atoms with Gasteiger partial charge in [0.15, 0.2) is 17.1 Å². The number of hydrogen-bond donors (Lipinski definition) is 2. The van der Waals surface area contributed by atoms with Crippen LogP contribution in [0.3, 0.4) is 0 Å². The maximum absolute atomic E-state index is 12.3. The number of H-pyrrole nitrogens is 1. The Kier molecular flexibility index (Phi) is 3.91. The van der Waals surface area contributed by atoms with Gasteiger partial charge in [0.05, 0.1) is 16.2 Å². The molecule has 0 bridgehead atoms. The number of rotatable bonds is 3. The number of fused-ring (bicyclic) bond motifs is 2. The van der Waals surface area contributed by atoms with Crippen LogP contribution in [0, 0.1) is 0 Å². The second-order valence-electron chi connectivity index (χ2n) is 7.04. The summed E-state index contributed by atoms with van der Waals surface area (Å²) in [7, 11) is 0.